The maximum atomic E-state index is 14.0. The lowest BCUT2D eigenvalue weighted by molar-refractivity contribution is 0.0132. The van der Waals surface area contributed by atoms with Crippen LogP contribution >= 0.6 is 11.6 Å². The average Bonchev–Trinajstić information content (AvgIpc) is 3.14. The van der Waals surface area contributed by atoms with Crippen LogP contribution in [0.2, 0.25) is 5.02 Å². The molecule has 11 heteroatoms. The fourth-order valence-corrected chi connectivity index (χ4v) is 9.26. The molecule has 2 aromatic rings. The van der Waals surface area contributed by atoms with Gasteiger partial charge in [-0.25, -0.2) is 9.00 Å². The van der Waals surface area contributed by atoms with E-state index in [4.69, 9.17) is 21.1 Å². The Kier molecular flexibility index (Phi) is 9.69. The highest BCUT2D eigenvalue weighted by molar-refractivity contribution is 7.92. The van der Waals surface area contributed by atoms with Gasteiger partial charge in [0.15, 0.2) is 0 Å². The molecule has 4 aliphatic rings. The van der Waals surface area contributed by atoms with Gasteiger partial charge in [-0.1, -0.05) is 29.8 Å². The summed E-state index contributed by atoms with van der Waals surface area (Å²) in [5, 5.41) is 3.44. The molecule has 2 aliphatic carbocycles. The zero-order chi connectivity index (χ0) is 32.5. The predicted octanol–water partition coefficient (Wildman–Crippen LogP) is 6.44. The number of nitrogens with zero attached hydrogens (tertiary/aromatic N) is 2. The Bertz CT molecular complexity index is 1640. The molecule has 2 aliphatic heterocycles. The summed E-state index contributed by atoms with van der Waals surface area (Å²) in [5.41, 5.74) is 3.45. The van der Waals surface area contributed by atoms with Crippen LogP contribution < -0.4 is 19.7 Å². The fourth-order valence-electron chi connectivity index (χ4n) is 7.55. The fraction of sp³-hybridized carbons (Fsp3) is 0.543. The molecule has 2 heterocycles. The standard InChI is InChI=1S/C35H45ClN4O5S/c1-23(2)37-34(42)39-46(43)17-6-4-5-9-31(44-3)28-13-10-26(28)20-40-21-35(16-7-8-24-18-27(36)12-14-29(24)35)22-45-32-15-11-25(19-30(32)40)33(41)38-46/h5,9,11-12,14-15,18-19,23,26,28,31H,4,6-8,10,13,16-17,20-22H2,1-3H3,(H2,37,38,39,41,42,43)/b9-5-/t26-,28+,31-,35-,46?/m0/s1. The zero-order valence-corrected chi connectivity index (χ0v) is 28.5. The van der Waals surface area contributed by atoms with Crippen LogP contribution in [0.4, 0.5) is 10.5 Å². The van der Waals surface area contributed by atoms with Gasteiger partial charge in [0.1, 0.15) is 15.7 Å². The van der Waals surface area contributed by atoms with Crippen molar-refractivity contribution in [2.24, 2.45) is 16.2 Å². The number of benzene rings is 2. The van der Waals surface area contributed by atoms with Gasteiger partial charge in [-0.3, -0.25) is 9.52 Å². The average molecular weight is 669 g/mol. The number of amides is 3. The molecule has 2 aromatic carbocycles. The van der Waals surface area contributed by atoms with E-state index in [2.05, 4.69) is 43.6 Å². The van der Waals surface area contributed by atoms with E-state index in [1.165, 1.54) is 11.1 Å². The first-order valence-electron chi connectivity index (χ1n) is 16.5. The quantitative estimate of drug-likeness (QED) is 0.365. The van der Waals surface area contributed by atoms with Gasteiger partial charge < -0.3 is 19.7 Å². The number of methoxy groups -OCH3 is 1. The van der Waals surface area contributed by atoms with Gasteiger partial charge in [0.05, 0.1) is 24.2 Å². The zero-order valence-electron chi connectivity index (χ0n) is 26.9. The Morgan fingerprint density at radius 1 is 1.20 bits per heavy atom. The van der Waals surface area contributed by atoms with E-state index in [0.717, 1.165) is 55.9 Å². The molecular weight excluding hydrogens is 624 g/mol. The largest absolute Gasteiger partial charge is 0.490 e. The lowest BCUT2D eigenvalue weighted by atomic mass is 9.68. The Morgan fingerprint density at radius 2 is 2.04 bits per heavy atom. The summed E-state index contributed by atoms with van der Waals surface area (Å²) >= 11 is 6.43. The molecular formula is C35H45ClN4O5S. The van der Waals surface area contributed by atoms with Crippen molar-refractivity contribution < 1.29 is 23.3 Å². The number of fused-ring (bicyclic) bond motifs is 4. The van der Waals surface area contributed by atoms with Gasteiger partial charge in [-0.2, -0.15) is 0 Å². The number of urea groups is 1. The van der Waals surface area contributed by atoms with Gasteiger partial charge >= 0.3 is 6.03 Å². The minimum Gasteiger partial charge on any atom is -0.490 e. The Balaban J connectivity index is 1.42. The Hall–Kier alpha value is -3.08. The van der Waals surface area contributed by atoms with Crippen molar-refractivity contribution in [1.82, 2.24) is 10.0 Å². The second kappa shape index (κ2) is 13.6. The van der Waals surface area contributed by atoms with Gasteiger partial charge in [-0.05, 0) is 112 Å². The first-order chi connectivity index (χ1) is 22.1. The first-order valence-corrected chi connectivity index (χ1v) is 18.5. The molecule has 2 bridgehead atoms. The normalized spacial score (nSPS) is 30.2. The summed E-state index contributed by atoms with van der Waals surface area (Å²) in [6.07, 6.45) is 10.4. The number of carbonyl (C=O) groups excluding carboxylic acids is 2. The number of hydrogen-bond acceptors (Lipinski definition) is 6. The van der Waals surface area contributed by atoms with Crippen LogP contribution in [0.3, 0.4) is 0 Å². The third-order valence-electron chi connectivity index (χ3n) is 9.93. The van der Waals surface area contributed by atoms with Gasteiger partial charge in [0.2, 0.25) is 0 Å². The number of ether oxygens (including phenoxy) is 2. The van der Waals surface area contributed by atoms with Gasteiger partial charge in [-0.15, -0.1) is 4.36 Å². The summed E-state index contributed by atoms with van der Waals surface area (Å²) in [6.45, 7) is 5.66. The number of allylic oxidation sites excluding steroid dienone is 1. The summed E-state index contributed by atoms with van der Waals surface area (Å²) in [4.78, 5) is 28.7. The van der Waals surface area contributed by atoms with E-state index in [1.807, 2.05) is 32.0 Å². The molecule has 2 N–H and O–H groups in total. The maximum absolute atomic E-state index is 14.0. The molecule has 0 radical (unpaired) electrons. The van der Waals surface area contributed by atoms with Crippen molar-refractivity contribution in [2.75, 3.05) is 37.5 Å². The van der Waals surface area contributed by atoms with E-state index >= 15 is 0 Å². The van der Waals surface area contributed by atoms with Crippen molar-refractivity contribution >= 4 is 39.1 Å². The minimum atomic E-state index is -3.40. The topological polar surface area (TPSA) is 109 Å². The van der Waals surface area contributed by atoms with Crippen molar-refractivity contribution in [1.29, 1.82) is 0 Å². The molecule has 1 spiro atoms. The number of anilines is 1. The summed E-state index contributed by atoms with van der Waals surface area (Å²) < 4.78 is 33.3. The van der Waals surface area contributed by atoms with Crippen molar-refractivity contribution in [3.8, 4) is 5.75 Å². The van der Waals surface area contributed by atoms with Gasteiger partial charge in [0, 0.05) is 42.2 Å². The first kappa shape index (κ1) is 32.8. The molecule has 0 saturated heterocycles. The predicted molar refractivity (Wildman–Crippen MR) is 182 cm³/mol. The van der Waals surface area contributed by atoms with Crippen LogP contribution in [0.25, 0.3) is 0 Å². The van der Waals surface area contributed by atoms with E-state index in [-0.39, 0.29) is 23.3 Å². The molecule has 9 nitrogen and oxygen atoms in total. The number of hydrogen-bond donors (Lipinski definition) is 2. The number of carbonyl (C=O) groups is 2. The van der Waals surface area contributed by atoms with Crippen LogP contribution in [-0.4, -0.2) is 60.9 Å². The van der Waals surface area contributed by atoms with Crippen LogP contribution in [0.5, 0.6) is 5.75 Å². The Morgan fingerprint density at radius 3 is 2.80 bits per heavy atom. The molecule has 0 aromatic heterocycles. The third-order valence-corrected chi connectivity index (χ3v) is 12.0. The molecule has 3 amide bonds. The van der Waals surface area contributed by atoms with Crippen LogP contribution in [0, 0.1) is 11.8 Å². The number of halogens is 1. The molecule has 248 valence electrons. The lowest BCUT2D eigenvalue weighted by Crippen LogP contribution is -2.49. The minimum absolute atomic E-state index is 0.0298. The second-order valence-corrected chi connectivity index (χ2v) is 16.0. The second-order valence-electron chi connectivity index (χ2n) is 13.5. The van der Waals surface area contributed by atoms with E-state index in [0.29, 0.717) is 42.6 Å². The van der Waals surface area contributed by atoms with Crippen molar-refractivity contribution in [2.45, 2.75) is 76.4 Å². The maximum Gasteiger partial charge on any atom is 0.327 e. The number of aryl methyl sites for hydroxylation is 1. The highest BCUT2D eigenvalue weighted by atomic mass is 35.5. The molecule has 5 atom stereocenters. The lowest BCUT2D eigenvalue weighted by Gasteiger charge is -2.46. The van der Waals surface area contributed by atoms with E-state index < -0.39 is 21.9 Å². The van der Waals surface area contributed by atoms with Gasteiger partial charge in [0.25, 0.3) is 5.91 Å². The summed E-state index contributed by atoms with van der Waals surface area (Å²) in [6, 6.07) is 10.8. The van der Waals surface area contributed by atoms with Crippen LogP contribution in [-0.2, 0) is 26.5 Å². The molecule has 1 fully saturated rings. The number of nitrogens with one attached hydrogen (secondary N) is 2. The highest BCUT2D eigenvalue weighted by Gasteiger charge is 2.44. The van der Waals surface area contributed by atoms with Crippen LogP contribution in [0.15, 0.2) is 52.9 Å². The van der Waals surface area contributed by atoms with Crippen molar-refractivity contribution in [3.63, 3.8) is 0 Å². The monoisotopic (exact) mass is 668 g/mol. The number of rotatable bonds is 3. The highest BCUT2D eigenvalue weighted by Crippen LogP contribution is 2.47. The summed E-state index contributed by atoms with van der Waals surface area (Å²) in [5.74, 6) is 0.901. The summed E-state index contributed by atoms with van der Waals surface area (Å²) in [7, 11) is -1.63. The van der Waals surface area contributed by atoms with Crippen molar-refractivity contribution in [3.05, 3.63) is 70.3 Å². The van der Waals surface area contributed by atoms with E-state index in [1.54, 1.807) is 13.2 Å². The van der Waals surface area contributed by atoms with Crippen LogP contribution in [0.1, 0.15) is 73.9 Å². The molecule has 46 heavy (non-hydrogen) atoms. The molecule has 1 saturated carbocycles. The van der Waals surface area contributed by atoms with E-state index in [9.17, 15) is 13.8 Å². The molecule has 1 unspecified atom stereocenters. The SMILES string of the molecule is CO[C@H]1/C=C\CCCS(=O)(NC(=O)NC(C)C)=NC(=O)c2ccc3c(c2)N(C[C@@H]2CC[C@H]21)C[C@@]1(CCCc2cc(Cl)ccc21)CO3. The smallest absolute Gasteiger partial charge is 0.327 e. The molecule has 6 rings (SSSR count). The third kappa shape index (κ3) is 6.94. The Labute approximate surface area is 277 Å².